The van der Waals surface area contributed by atoms with E-state index in [-0.39, 0.29) is 13.2 Å². The second-order valence-electron chi connectivity index (χ2n) is 16.8. The lowest BCUT2D eigenvalue weighted by Crippen LogP contribution is -2.52. The van der Waals surface area contributed by atoms with Crippen LogP contribution in [0.5, 0.6) is 0 Å². The molecule has 0 aliphatic heterocycles. The molecule has 10 nitrogen and oxygen atoms in total. The number of carbonyl (C=O) groups is 2. The molecule has 0 aromatic carbocycles. The first-order valence-electron chi connectivity index (χ1n) is 22.5. The maximum atomic E-state index is 11.8. The van der Waals surface area contributed by atoms with Crippen molar-refractivity contribution >= 4 is 37.5 Å². The number of rotatable bonds is 40. The summed E-state index contributed by atoms with van der Waals surface area (Å²) < 4.78 is 45.5. The van der Waals surface area contributed by atoms with Gasteiger partial charge in [0.1, 0.15) is 13.2 Å². The monoisotopic (exact) mass is 837 g/mol. The summed E-state index contributed by atoms with van der Waals surface area (Å²) in [5, 5.41) is 0. The molecule has 0 spiro atoms. The van der Waals surface area contributed by atoms with Crippen LogP contribution in [0.1, 0.15) is 155 Å². The van der Waals surface area contributed by atoms with E-state index in [2.05, 4.69) is 53.1 Å². The molecule has 0 radical (unpaired) electrons. The lowest BCUT2D eigenvalue weighted by Gasteiger charge is -2.38. The average Bonchev–Trinajstić information content (AvgIpc) is 3.11. The Balaban J connectivity index is 3.83. The Morgan fingerprint density at radius 2 is 0.636 bits per heavy atom. The van der Waals surface area contributed by atoms with Crippen LogP contribution >= 0.6 is 0 Å². The fourth-order valence-corrected chi connectivity index (χ4v) is 20.8. The van der Waals surface area contributed by atoms with Crippen molar-refractivity contribution in [3.05, 3.63) is 0 Å². The minimum Gasteiger partial charge on any atom is -0.437 e. The van der Waals surface area contributed by atoms with Crippen molar-refractivity contribution in [3.8, 4) is 0 Å². The minimum absolute atomic E-state index is 0.203. The molecule has 0 N–H and O–H groups in total. The average molecular weight is 837 g/mol. The molecule has 0 aromatic heterocycles. The molecule has 0 saturated carbocycles. The third-order valence-corrected chi connectivity index (χ3v) is 21.0. The van der Waals surface area contributed by atoms with Gasteiger partial charge in [-0.3, -0.25) is 0 Å². The highest BCUT2D eigenvalue weighted by molar-refractivity contribution is 6.87. The molecular weight excluding hydrogens is 749 g/mol. The van der Waals surface area contributed by atoms with Gasteiger partial charge < -0.3 is 36.7 Å². The molecule has 0 bridgehead atoms. The smallest absolute Gasteiger partial charge is 0.437 e. The first kappa shape index (κ1) is 54.0. The summed E-state index contributed by atoms with van der Waals surface area (Å²) >= 11 is 0. The zero-order valence-electron chi connectivity index (χ0n) is 37.2. The van der Waals surface area contributed by atoms with E-state index in [1.807, 2.05) is 0 Å². The first-order valence-corrected chi connectivity index (χ1v) is 31.5. The minimum atomic E-state index is -2.32. The van der Waals surface area contributed by atoms with Crippen molar-refractivity contribution in [1.82, 2.24) is 0 Å². The van der Waals surface area contributed by atoms with Gasteiger partial charge in [-0.2, -0.15) is 0 Å². The molecule has 0 heterocycles. The predicted molar refractivity (Wildman–Crippen MR) is 233 cm³/mol. The Morgan fingerprint density at radius 3 is 0.964 bits per heavy atom. The van der Waals surface area contributed by atoms with Gasteiger partial charge in [-0.1, -0.05) is 129 Å². The Hall–Kier alpha value is -0.969. The van der Waals surface area contributed by atoms with Gasteiger partial charge in [0.05, 0.1) is 26.4 Å². The van der Waals surface area contributed by atoms with Gasteiger partial charge in [0.25, 0.3) is 0 Å². The van der Waals surface area contributed by atoms with E-state index in [0.29, 0.717) is 39.6 Å². The summed E-state index contributed by atoms with van der Waals surface area (Å²) in [7, 11) is -6.22. The zero-order chi connectivity index (χ0) is 40.9. The molecule has 0 rings (SSSR count). The normalized spacial score (nSPS) is 12.2. The highest BCUT2D eigenvalue weighted by atomic mass is 28.5. The van der Waals surface area contributed by atoms with Crippen molar-refractivity contribution < 1.29 is 46.2 Å². The number of hydrogen-bond acceptors (Lipinski definition) is 10. The van der Waals surface area contributed by atoms with Gasteiger partial charge >= 0.3 is 20.9 Å². The van der Waals surface area contributed by atoms with Crippen molar-refractivity contribution in [2.75, 3.05) is 52.9 Å². The van der Waals surface area contributed by atoms with Crippen molar-refractivity contribution in [2.45, 2.75) is 206 Å². The van der Waals surface area contributed by atoms with Gasteiger partial charge in [0, 0.05) is 13.2 Å². The third kappa shape index (κ3) is 39.6. The van der Waals surface area contributed by atoms with Crippen LogP contribution in [-0.2, 0) is 36.7 Å². The quantitative estimate of drug-likeness (QED) is 0.0336. The number of unbranched alkanes of at least 4 members (excludes halogenated alkanes) is 18. The lowest BCUT2D eigenvalue weighted by atomic mass is 10.1. The Kier molecular flexibility index (Phi) is 35.5. The summed E-state index contributed by atoms with van der Waals surface area (Å²) in [5.41, 5.74) is 0. The Morgan fingerprint density at radius 1 is 0.345 bits per heavy atom. The van der Waals surface area contributed by atoms with Crippen LogP contribution in [0.3, 0.4) is 0 Å². The molecule has 0 fully saturated rings. The summed E-state index contributed by atoms with van der Waals surface area (Å²) in [6, 6.07) is 1.94. The molecule has 0 saturated heterocycles. The van der Waals surface area contributed by atoms with Crippen LogP contribution in [0.25, 0.3) is 0 Å². The van der Waals surface area contributed by atoms with E-state index in [9.17, 15) is 9.59 Å². The standard InChI is InChI=1S/C42H88O10Si3/c1-9-11-13-15-17-19-21-23-25-27-33-47-41(43)49-37-35-45-31-29-39-53(3,4)51-55(7,8)52-54(5,6)40-30-32-46-36-38-50-42(44)48-34-28-26-24-22-20-18-16-14-12-10-2/h9-40H2,1-8H3. The molecule has 328 valence electrons. The van der Waals surface area contributed by atoms with E-state index < -0.39 is 37.5 Å². The first-order chi connectivity index (χ1) is 26.3. The Labute approximate surface area is 342 Å². The molecule has 13 heteroatoms. The third-order valence-electron chi connectivity index (χ3n) is 9.51. The van der Waals surface area contributed by atoms with Gasteiger partial charge in [-0.15, -0.1) is 0 Å². The molecule has 0 amide bonds. The van der Waals surface area contributed by atoms with Crippen molar-refractivity contribution in [2.24, 2.45) is 0 Å². The molecule has 0 unspecified atom stereocenters. The largest absolute Gasteiger partial charge is 0.508 e. The SMILES string of the molecule is CCCCCCCCCCCCOC(=O)OCCOCCC[Si](C)(C)O[Si](C)(C)O[Si](C)(C)CCCOCCOC(=O)OCCCCCCCCCCCC. The van der Waals surface area contributed by atoms with Crippen LogP contribution in [0.4, 0.5) is 9.59 Å². The van der Waals surface area contributed by atoms with Gasteiger partial charge in [-0.25, -0.2) is 9.59 Å². The van der Waals surface area contributed by atoms with E-state index in [4.69, 9.17) is 36.7 Å². The molecule has 0 aliphatic carbocycles. The van der Waals surface area contributed by atoms with Gasteiger partial charge in [0.15, 0.2) is 16.6 Å². The van der Waals surface area contributed by atoms with Crippen LogP contribution in [0, 0.1) is 0 Å². The number of carbonyl (C=O) groups excluding carboxylic acids is 2. The van der Waals surface area contributed by atoms with E-state index in [1.165, 1.54) is 103 Å². The summed E-state index contributed by atoms with van der Waals surface area (Å²) in [6.07, 6.45) is 25.5. The van der Waals surface area contributed by atoms with E-state index in [1.54, 1.807) is 0 Å². The summed E-state index contributed by atoms with van der Waals surface area (Å²) in [6.45, 7) is 21.0. The summed E-state index contributed by atoms with van der Waals surface area (Å²) in [5.74, 6) is 0. The number of ether oxygens (including phenoxy) is 6. The second-order valence-corrected chi connectivity index (χ2v) is 29.3. The van der Waals surface area contributed by atoms with E-state index >= 15 is 0 Å². The lowest BCUT2D eigenvalue weighted by molar-refractivity contribution is 0.0260. The fourth-order valence-electron chi connectivity index (χ4n) is 6.80. The topological polar surface area (TPSA) is 108 Å². The maximum absolute atomic E-state index is 11.8. The highest BCUT2D eigenvalue weighted by Gasteiger charge is 2.39. The zero-order valence-corrected chi connectivity index (χ0v) is 40.2. The molecule has 0 atom stereocenters. The second kappa shape index (κ2) is 36.1. The van der Waals surface area contributed by atoms with Gasteiger partial charge in [-0.05, 0) is 77.1 Å². The molecule has 0 aliphatic rings. The van der Waals surface area contributed by atoms with Crippen molar-refractivity contribution in [1.29, 1.82) is 0 Å². The summed E-state index contributed by atoms with van der Waals surface area (Å²) in [4.78, 5) is 23.7. The van der Waals surface area contributed by atoms with Crippen molar-refractivity contribution in [3.63, 3.8) is 0 Å². The molecular formula is C42H88O10Si3. The highest BCUT2D eigenvalue weighted by Crippen LogP contribution is 2.26. The van der Waals surface area contributed by atoms with Crippen LogP contribution in [0.2, 0.25) is 51.4 Å². The van der Waals surface area contributed by atoms with Crippen LogP contribution < -0.4 is 0 Å². The predicted octanol–water partition coefficient (Wildman–Crippen LogP) is 13.1. The number of hydrogen-bond donors (Lipinski definition) is 0. The van der Waals surface area contributed by atoms with Crippen LogP contribution in [-0.4, -0.2) is 90.4 Å². The van der Waals surface area contributed by atoms with E-state index in [0.717, 1.165) is 50.6 Å². The maximum Gasteiger partial charge on any atom is 0.508 e. The molecule has 55 heavy (non-hydrogen) atoms. The van der Waals surface area contributed by atoms with Crippen LogP contribution in [0.15, 0.2) is 0 Å². The Bertz CT molecular complexity index is 824. The van der Waals surface area contributed by atoms with Gasteiger partial charge in [0.2, 0.25) is 0 Å². The fraction of sp³-hybridized carbons (Fsp3) is 0.952. The molecule has 0 aromatic rings.